The standard InChI is InChI=1S/C19H19ClN6O/c1-3-9-25-18(27)15-16(23-19(25)20)22-17(14-10-21-24(2)12-14)26(15)11-13-7-5-4-6-8-13/h4-8,10,12H,3,9,11H2,1-2H3. The molecule has 0 unspecified atom stereocenters. The smallest absolute Gasteiger partial charge is 0.280 e. The van der Waals surface area contributed by atoms with Crippen LogP contribution in [0.4, 0.5) is 0 Å². The summed E-state index contributed by atoms with van der Waals surface area (Å²) in [6.07, 6.45) is 4.39. The number of nitrogens with zero attached hydrogens (tertiary/aromatic N) is 6. The average molecular weight is 383 g/mol. The van der Waals surface area contributed by atoms with Crippen molar-refractivity contribution in [1.82, 2.24) is 28.9 Å². The lowest BCUT2D eigenvalue weighted by Gasteiger charge is -2.10. The van der Waals surface area contributed by atoms with Crippen LogP contribution >= 0.6 is 11.6 Å². The number of imidazole rings is 1. The van der Waals surface area contributed by atoms with Gasteiger partial charge in [-0.25, -0.2) is 4.98 Å². The van der Waals surface area contributed by atoms with Crippen molar-refractivity contribution >= 4 is 22.8 Å². The van der Waals surface area contributed by atoms with Gasteiger partial charge in [-0.05, 0) is 23.6 Å². The lowest BCUT2D eigenvalue weighted by atomic mass is 10.2. The highest BCUT2D eigenvalue weighted by Crippen LogP contribution is 2.24. The van der Waals surface area contributed by atoms with Crippen LogP contribution < -0.4 is 5.56 Å². The first-order chi connectivity index (χ1) is 13.1. The van der Waals surface area contributed by atoms with Gasteiger partial charge < -0.3 is 4.57 Å². The molecule has 0 N–H and O–H groups in total. The molecule has 0 atom stereocenters. The maximum absolute atomic E-state index is 13.2. The third-order valence-corrected chi connectivity index (χ3v) is 4.70. The molecule has 0 amide bonds. The Morgan fingerprint density at radius 3 is 2.56 bits per heavy atom. The van der Waals surface area contributed by atoms with Crippen molar-refractivity contribution in [2.75, 3.05) is 0 Å². The van der Waals surface area contributed by atoms with Crippen molar-refractivity contribution in [3.8, 4) is 11.4 Å². The molecule has 138 valence electrons. The van der Waals surface area contributed by atoms with Gasteiger partial charge in [-0.3, -0.25) is 14.0 Å². The zero-order chi connectivity index (χ0) is 19.0. The molecule has 3 heterocycles. The molecule has 1 aromatic carbocycles. The summed E-state index contributed by atoms with van der Waals surface area (Å²) >= 11 is 6.25. The van der Waals surface area contributed by atoms with E-state index in [2.05, 4.69) is 15.1 Å². The van der Waals surface area contributed by atoms with E-state index in [9.17, 15) is 4.79 Å². The Balaban J connectivity index is 2.00. The molecule has 0 fully saturated rings. The number of aryl methyl sites for hydroxylation is 1. The van der Waals surface area contributed by atoms with Crippen molar-refractivity contribution in [2.45, 2.75) is 26.4 Å². The van der Waals surface area contributed by atoms with Crippen LogP contribution in [0.5, 0.6) is 0 Å². The van der Waals surface area contributed by atoms with Crippen molar-refractivity contribution in [3.63, 3.8) is 0 Å². The van der Waals surface area contributed by atoms with Gasteiger partial charge in [-0.2, -0.15) is 10.1 Å². The van der Waals surface area contributed by atoms with Gasteiger partial charge in [0.1, 0.15) is 5.82 Å². The molecular weight excluding hydrogens is 364 g/mol. The summed E-state index contributed by atoms with van der Waals surface area (Å²) in [6.45, 7) is 3.01. The van der Waals surface area contributed by atoms with E-state index in [1.807, 2.05) is 55.1 Å². The fourth-order valence-corrected chi connectivity index (χ4v) is 3.42. The molecule has 0 saturated carbocycles. The number of halogens is 1. The number of fused-ring (bicyclic) bond motifs is 1. The Kier molecular flexibility index (Phi) is 4.53. The monoisotopic (exact) mass is 382 g/mol. The Morgan fingerprint density at radius 1 is 1.11 bits per heavy atom. The second-order valence-electron chi connectivity index (χ2n) is 6.42. The maximum atomic E-state index is 13.2. The van der Waals surface area contributed by atoms with E-state index in [0.29, 0.717) is 30.1 Å². The Bertz CT molecular complexity index is 1160. The van der Waals surface area contributed by atoms with E-state index in [4.69, 9.17) is 11.6 Å². The van der Waals surface area contributed by atoms with E-state index in [-0.39, 0.29) is 10.8 Å². The first-order valence-electron chi connectivity index (χ1n) is 8.78. The molecule has 0 saturated heterocycles. The molecule has 4 aromatic rings. The molecule has 0 aliphatic carbocycles. The molecule has 0 radical (unpaired) electrons. The van der Waals surface area contributed by atoms with Crippen LogP contribution in [0, 0.1) is 0 Å². The largest absolute Gasteiger partial charge is 0.313 e. The number of hydrogen-bond donors (Lipinski definition) is 0. The summed E-state index contributed by atoms with van der Waals surface area (Å²) in [5, 5.41) is 4.40. The van der Waals surface area contributed by atoms with Crippen molar-refractivity contribution in [3.05, 3.63) is 63.9 Å². The molecule has 3 aromatic heterocycles. The summed E-state index contributed by atoms with van der Waals surface area (Å²) in [5.74, 6) is 0.650. The number of rotatable bonds is 5. The highest BCUT2D eigenvalue weighted by molar-refractivity contribution is 6.28. The number of benzene rings is 1. The fraction of sp³-hybridized carbons (Fsp3) is 0.263. The van der Waals surface area contributed by atoms with E-state index < -0.39 is 0 Å². The van der Waals surface area contributed by atoms with Gasteiger partial charge in [0.15, 0.2) is 11.2 Å². The average Bonchev–Trinajstić information content (AvgIpc) is 3.23. The first kappa shape index (κ1) is 17.5. The maximum Gasteiger partial charge on any atom is 0.280 e. The lowest BCUT2D eigenvalue weighted by molar-refractivity contribution is 0.644. The van der Waals surface area contributed by atoms with E-state index in [1.54, 1.807) is 10.9 Å². The van der Waals surface area contributed by atoms with Crippen LogP contribution in [-0.2, 0) is 20.1 Å². The third-order valence-electron chi connectivity index (χ3n) is 4.41. The molecule has 0 bridgehead atoms. The first-order valence-corrected chi connectivity index (χ1v) is 9.15. The SMILES string of the molecule is CCCn1c(Cl)nc2nc(-c3cnn(C)c3)n(Cc3ccccc3)c2c1=O. The minimum Gasteiger partial charge on any atom is -0.313 e. The fourth-order valence-electron chi connectivity index (χ4n) is 3.18. The molecule has 8 heteroatoms. The molecule has 0 aliphatic rings. The summed E-state index contributed by atoms with van der Waals surface area (Å²) < 4.78 is 5.11. The van der Waals surface area contributed by atoms with Crippen LogP contribution in [0.2, 0.25) is 5.28 Å². The highest BCUT2D eigenvalue weighted by Gasteiger charge is 2.20. The van der Waals surface area contributed by atoms with E-state index >= 15 is 0 Å². The van der Waals surface area contributed by atoms with Gasteiger partial charge in [-0.1, -0.05) is 37.3 Å². The van der Waals surface area contributed by atoms with Gasteiger partial charge in [-0.15, -0.1) is 0 Å². The Morgan fingerprint density at radius 2 is 1.89 bits per heavy atom. The van der Waals surface area contributed by atoms with Crippen LogP contribution in [0.25, 0.3) is 22.6 Å². The predicted molar refractivity (Wildman–Crippen MR) is 105 cm³/mol. The zero-order valence-corrected chi connectivity index (χ0v) is 15.9. The van der Waals surface area contributed by atoms with Gasteiger partial charge in [0, 0.05) is 26.3 Å². The lowest BCUT2D eigenvalue weighted by Crippen LogP contribution is -2.24. The third kappa shape index (κ3) is 3.14. The van der Waals surface area contributed by atoms with Crippen molar-refractivity contribution < 1.29 is 0 Å². The number of hydrogen-bond acceptors (Lipinski definition) is 4. The Hall–Kier alpha value is -2.93. The zero-order valence-electron chi connectivity index (χ0n) is 15.1. The molecular formula is C19H19ClN6O. The van der Waals surface area contributed by atoms with Crippen molar-refractivity contribution in [1.29, 1.82) is 0 Å². The molecule has 7 nitrogen and oxygen atoms in total. The molecule has 0 spiro atoms. The summed E-state index contributed by atoms with van der Waals surface area (Å²) in [5.41, 5.74) is 2.52. The van der Waals surface area contributed by atoms with Crippen LogP contribution in [0.15, 0.2) is 47.5 Å². The van der Waals surface area contributed by atoms with Gasteiger partial charge >= 0.3 is 0 Å². The van der Waals surface area contributed by atoms with Crippen LogP contribution in [0.3, 0.4) is 0 Å². The molecule has 4 rings (SSSR count). The predicted octanol–water partition coefficient (Wildman–Crippen LogP) is 3.11. The van der Waals surface area contributed by atoms with Gasteiger partial charge in [0.05, 0.1) is 11.8 Å². The number of aromatic nitrogens is 6. The van der Waals surface area contributed by atoms with E-state index in [0.717, 1.165) is 17.5 Å². The summed E-state index contributed by atoms with van der Waals surface area (Å²) in [4.78, 5) is 22.2. The summed E-state index contributed by atoms with van der Waals surface area (Å²) in [6, 6.07) is 9.96. The minimum atomic E-state index is -0.176. The van der Waals surface area contributed by atoms with E-state index in [1.165, 1.54) is 4.57 Å². The minimum absolute atomic E-state index is 0.163. The quantitative estimate of drug-likeness (QED) is 0.497. The second-order valence-corrected chi connectivity index (χ2v) is 6.76. The van der Waals surface area contributed by atoms with Crippen LogP contribution in [-0.4, -0.2) is 28.9 Å². The molecule has 0 aliphatic heterocycles. The second kappa shape index (κ2) is 7.00. The van der Waals surface area contributed by atoms with Gasteiger partial charge in [0.25, 0.3) is 5.56 Å². The van der Waals surface area contributed by atoms with Crippen LogP contribution in [0.1, 0.15) is 18.9 Å². The topological polar surface area (TPSA) is 70.5 Å². The van der Waals surface area contributed by atoms with Crippen molar-refractivity contribution in [2.24, 2.45) is 7.05 Å². The Labute approximate surface area is 160 Å². The molecule has 27 heavy (non-hydrogen) atoms. The highest BCUT2D eigenvalue weighted by atomic mass is 35.5. The normalized spacial score (nSPS) is 11.4. The van der Waals surface area contributed by atoms with Gasteiger partial charge in [0.2, 0.25) is 5.28 Å². The summed E-state index contributed by atoms with van der Waals surface area (Å²) in [7, 11) is 1.84.